The average molecular weight is 445 g/mol. The molecule has 0 amide bonds. The molecule has 0 aromatic heterocycles. The summed E-state index contributed by atoms with van der Waals surface area (Å²) in [5.74, 6) is -1.02. The lowest BCUT2D eigenvalue weighted by Crippen LogP contribution is -2.19. The van der Waals surface area contributed by atoms with Crippen molar-refractivity contribution in [1.82, 2.24) is 0 Å². The number of aromatic hydroxyl groups is 1. The van der Waals surface area contributed by atoms with E-state index in [1.54, 1.807) is 13.2 Å². The summed E-state index contributed by atoms with van der Waals surface area (Å²) >= 11 is 0. The Labute approximate surface area is 181 Å². The number of halogens is 1. The summed E-state index contributed by atoms with van der Waals surface area (Å²) in [4.78, 5) is 0. The summed E-state index contributed by atoms with van der Waals surface area (Å²) in [5, 5.41) is 8.89. The van der Waals surface area contributed by atoms with Crippen LogP contribution in [-0.4, -0.2) is 51.0 Å². The fourth-order valence-electron chi connectivity index (χ4n) is 4.36. The molecule has 2 atom stereocenters. The molecule has 0 radical (unpaired) electrons. The van der Waals surface area contributed by atoms with E-state index < -0.39 is 20.9 Å². The topological polar surface area (TPSA) is 72.8 Å². The highest BCUT2D eigenvalue weighted by molar-refractivity contribution is 7.92. The molecule has 7 heteroatoms. The van der Waals surface area contributed by atoms with Gasteiger partial charge >= 0.3 is 0 Å². The van der Waals surface area contributed by atoms with Crippen LogP contribution < -0.4 is 0 Å². The van der Waals surface area contributed by atoms with Gasteiger partial charge in [0.25, 0.3) is 0 Å². The molecular formula is C24H25FO5S. The van der Waals surface area contributed by atoms with Crippen LogP contribution in [0.4, 0.5) is 4.39 Å². The average Bonchev–Trinajstić information content (AvgIpc) is 3.28. The van der Waals surface area contributed by atoms with Gasteiger partial charge in [-0.25, -0.2) is 12.8 Å². The van der Waals surface area contributed by atoms with Crippen molar-refractivity contribution in [3.63, 3.8) is 0 Å². The van der Waals surface area contributed by atoms with Crippen molar-refractivity contribution in [2.45, 2.75) is 24.2 Å². The Morgan fingerprint density at radius 3 is 2.74 bits per heavy atom. The van der Waals surface area contributed by atoms with Crippen LogP contribution in [0.2, 0.25) is 0 Å². The molecule has 2 aliphatic heterocycles. The van der Waals surface area contributed by atoms with Crippen LogP contribution in [0.25, 0.3) is 11.6 Å². The number of phenols is 1. The molecule has 0 unspecified atom stereocenters. The van der Waals surface area contributed by atoms with E-state index in [1.165, 1.54) is 12.1 Å². The first-order chi connectivity index (χ1) is 14.9. The monoisotopic (exact) mass is 444 g/mol. The van der Waals surface area contributed by atoms with Gasteiger partial charge in [-0.1, -0.05) is 42.5 Å². The molecule has 164 valence electrons. The van der Waals surface area contributed by atoms with Gasteiger partial charge < -0.3 is 14.6 Å². The Balaban J connectivity index is 1.60. The number of rotatable bonds is 7. The number of ether oxygens (including phenoxy) is 2. The van der Waals surface area contributed by atoms with Crippen LogP contribution in [-0.2, 0) is 19.3 Å². The predicted octanol–water partition coefficient (Wildman–Crippen LogP) is 3.99. The van der Waals surface area contributed by atoms with Crippen molar-refractivity contribution in [1.29, 1.82) is 0 Å². The maximum absolute atomic E-state index is 13.8. The largest absolute Gasteiger partial charge is 0.505 e. The molecule has 1 fully saturated rings. The molecule has 2 aromatic rings. The lowest BCUT2D eigenvalue weighted by molar-refractivity contribution is 0.118. The number of fused-ring (bicyclic) bond motifs is 1. The molecule has 5 nitrogen and oxygen atoms in total. The van der Waals surface area contributed by atoms with E-state index in [4.69, 9.17) is 9.47 Å². The second kappa shape index (κ2) is 8.94. The van der Waals surface area contributed by atoms with Crippen LogP contribution in [0.1, 0.15) is 24.0 Å². The number of benzene rings is 2. The first-order valence-electron chi connectivity index (χ1n) is 10.2. The number of sulfone groups is 1. The van der Waals surface area contributed by atoms with Gasteiger partial charge in [0.2, 0.25) is 0 Å². The van der Waals surface area contributed by atoms with Crippen LogP contribution in [0.5, 0.6) is 5.75 Å². The number of methoxy groups -OCH3 is 1. The minimum Gasteiger partial charge on any atom is -0.505 e. The minimum absolute atomic E-state index is 0.0366. The molecule has 0 bridgehead atoms. The van der Waals surface area contributed by atoms with Crippen LogP contribution >= 0.6 is 0 Å². The van der Waals surface area contributed by atoms with Gasteiger partial charge in [-0.05, 0) is 52.8 Å². The van der Waals surface area contributed by atoms with Crippen molar-refractivity contribution >= 4 is 21.5 Å². The van der Waals surface area contributed by atoms with E-state index in [9.17, 15) is 17.9 Å². The number of phenolic OH excluding ortho intramolecular Hbond substituents is 1. The molecule has 0 aliphatic carbocycles. The molecule has 2 aliphatic rings. The van der Waals surface area contributed by atoms with Crippen molar-refractivity contribution in [3.05, 3.63) is 76.6 Å². The second-order valence-corrected chi connectivity index (χ2v) is 10.1. The fraction of sp³-hybridized carbons (Fsp3) is 0.333. The zero-order valence-corrected chi connectivity index (χ0v) is 18.1. The van der Waals surface area contributed by atoms with Crippen molar-refractivity contribution in [2.75, 3.05) is 26.1 Å². The van der Waals surface area contributed by atoms with Gasteiger partial charge in [-0.3, -0.25) is 0 Å². The lowest BCUT2D eigenvalue weighted by Gasteiger charge is -2.16. The molecule has 2 heterocycles. The van der Waals surface area contributed by atoms with Gasteiger partial charge in [-0.15, -0.1) is 0 Å². The summed E-state index contributed by atoms with van der Waals surface area (Å²) < 4.78 is 49.9. The van der Waals surface area contributed by atoms with E-state index >= 15 is 0 Å². The van der Waals surface area contributed by atoms with E-state index in [2.05, 4.69) is 0 Å². The highest BCUT2D eigenvalue weighted by Gasteiger charge is 2.46. The summed E-state index contributed by atoms with van der Waals surface area (Å²) in [6.07, 6.45) is 2.83. The smallest absolute Gasteiger partial charge is 0.165 e. The van der Waals surface area contributed by atoms with E-state index in [0.29, 0.717) is 25.0 Å². The number of hydrogen-bond acceptors (Lipinski definition) is 5. The lowest BCUT2D eigenvalue weighted by atomic mass is 9.93. The van der Waals surface area contributed by atoms with Gasteiger partial charge in [0.05, 0.1) is 25.1 Å². The molecule has 0 spiro atoms. The van der Waals surface area contributed by atoms with Crippen LogP contribution in [0.3, 0.4) is 0 Å². The van der Waals surface area contributed by atoms with E-state index in [0.717, 1.165) is 22.3 Å². The zero-order chi connectivity index (χ0) is 22.0. The first-order valence-corrected chi connectivity index (χ1v) is 11.9. The zero-order valence-electron chi connectivity index (χ0n) is 17.3. The highest BCUT2D eigenvalue weighted by atomic mass is 32.2. The number of allylic oxidation sites excluding steroid dienone is 1. The summed E-state index contributed by atoms with van der Waals surface area (Å²) in [7, 11) is -1.67. The normalized spacial score (nSPS) is 22.7. The molecule has 2 aromatic carbocycles. The van der Waals surface area contributed by atoms with Crippen LogP contribution in [0.15, 0.2) is 59.7 Å². The summed E-state index contributed by atoms with van der Waals surface area (Å²) in [6.45, 7) is 0.474. The Morgan fingerprint density at radius 2 is 2.03 bits per heavy atom. The Hall–Kier alpha value is -2.48. The third-order valence-corrected chi connectivity index (χ3v) is 7.82. The molecule has 0 saturated carbocycles. The maximum Gasteiger partial charge on any atom is 0.165 e. The first kappa shape index (κ1) is 21.7. The Kier molecular flexibility index (Phi) is 6.27. The van der Waals surface area contributed by atoms with Crippen LogP contribution in [0, 0.1) is 5.82 Å². The quantitative estimate of drug-likeness (QED) is 0.516. The Morgan fingerprint density at radius 1 is 1.26 bits per heavy atom. The summed E-state index contributed by atoms with van der Waals surface area (Å²) in [5.41, 5.74) is 4.27. The van der Waals surface area contributed by atoms with E-state index in [1.807, 2.05) is 36.4 Å². The molecular weight excluding hydrogens is 419 g/mol. The predicted molar refractivity (Wildman–Crippen MR) is 118 cm³/mol. The molecule has 31 heavy (non-hydrogen) atoms. The fourth-order valence-corrected chi connectivity index (χ4v) is 6.29. The van der Waals surface area contributed by atoms with Gasteiger partial charge in [0.15, 0.2) is 21.4 Å². The summed E-state index contributed by atoms with van der Waals surface area (Å²) in [6, 6.07) is 14.1. The third-order valence-electron chi connectivity index (χ3n) is 5.81. The molecule has 1 saturated heterocycles. The Bertz CT molecular complexity index is 1120. The molecule has 1 N–H and O–H groups in total. The standard InChI is InChI=1S/C24H25FO5S/c1-29-13-19-15-31(27,28)23-14-30-22(24(19)23)10-8-18(17-5-3-2-4-6-17)11-16-7-9-21(26)20(25)12-16/h2-7,9,11-12,22-23,26H,8,10,13-15H2,1H3/b18-11-/t22-,23+/m1/s1. The highest BCUT2D eigenvalue weighted by Crippen LogP contribution is 2.39. The molecule has 4 rings (SSSR count). The van der Waals surface area contributed by atoms with E-state index in [-0.39, 0.29) is 24.2 Å². The van der Waals surface area contributed by atoms with Crippen molar-refractivity contribution in [2.24, 2.45) is 0 Å². The van der Waals surface area contributed by atoms with Gasteiger partial charge in [0, 0.05) is 7.11 Å². The SMILES string of the molecule is COCC1=C2[C@@H](CC/C(=C/c3ccc(O)c(F)c3)c3ccccc3)OC[C@@H]2S(=O)(=O)C1. The number of hydrogen-bond donors (Lipinski definition) is 1. The van der Waals surface area contributed by atoms with Crippen molar-refractivity contribution < 1.29 is 27.4 Å². The van der Waals surface area contributed by atoms with Gasteiger partial charge in [0.1, 0.15) is 5.25 Å². The van der Waals surface area contributed by atoms with Gasteiger partial charge in [-0.2, -0.15) is 0 Å². The minimum atomic E-state index is -3.24. The maximum atomic E-state index is 13.8. The van der Waals surface area contributed by atoms with Crippen molar-refractivity contribution in [3.8, 4) is 5.75 Å². The second-order valence-electron chi connectivity index (χ2n) is 7.89. The third kappa shape index (κ3) is 4.59.